The third-order valence-corrected chi connectivity index (χ3v) is 3.84. The van der Waals surface area contributed by atoms with E-state index in [1.54, 1.807) is 23.5 Å². The van der Waals surface area contributed by atoms with Crippen LogP contribution in [0.3, 0.4) is 0 Å². The van der Waals surface area contributed by atoms with Crippen molar-refractivity contribution in [3.8, 4) is 0 Å². The summed E-state index contributed by atoms with van der Waals surface area (Å²) in [5.74, 6) is -0.0860. The van der Waals surface area contributed by atoms with Crippen LogP contribution < -0.4 is 0 Å². The predicted octanol–water partition coefficient (Wildman–Crippen LogP) is 4.07. The van der Waals surface area contributed by atoms with Crippen molar-refractivity contribution >= 4 is 35.4 Å². The molecule has 0 fully saturated rings. The Morgan fingerprint density at radius 2 is 1.90 bits per heavy atom. The van der Waals surface area contributed by atoms with Gasteiger partial charge in [-0.3, -0.25) is 0 Å². The van der Waals surface area contributed by atoms with Gasteiger partial charge in [-0.2, -0.15) is 0 Å². The Balaban J connectivity index is 1.79. The van der Waals surface area contributed by atoms with Crippen molar-refractivity contribution in [2.24, 2.45) is 4.99 Å². The predicted molar refractivity (Wildman–Crippen MR) is 86.0 cm³/mol. The van der Waals surface area contributed by atoms with Crippen LogP contribution in [0.15, 0.2) is 59.2 Å². The maximum atomic E-state index is 11.8. The lowest BCUT2D eigenvalue weighted by atomic mass is 10.2. The molecule has 104 valence electrons. The van der Waals surface area contributed by atoms with Crippen LogP contribution in [0.1, 0.15) is 15.3 Å². The highest BCUT2D eigenvalue weighted by Gasteiger charge is 2.21. The van der Waals surface area contributed by atoms with Crippen LogP contribution in [0, 0.1) is 6.92 Å². The third kappa shape index (κ3) is 3.35. The van der Waals surface area contributed by atoms with Crippen LogP contribution in [-0.2, 0) is 9.53 Å². The Labute approximate surface area is 126 Å². The summed E-state index contributed by atoms with van der Waals surface area (Å²) in [5.41, 5.74) is 1.37. The molecular weight excluding hydrogens is 282 g/mol. The van der Waals surface area contributed by atoms with E-state index in [0.717, 1.165) is 10.4 Å². The monoisotopic (exact) mass is 295 g/mol. The van der Waals surface area contributed by atoms with Gasteiger partial charge in [-0.05, 0) is 36.8 Å². The summed E-state index contributed by atoms with van der Waals surface area (Å²) in [7, 11) is 0. The van der Waals surface area contributed by atoms with Gasteiger partial charge in [0.25, 0.3) is 0 Å². The second-order valence-electron chi connectivity index (χ2n) is 4.56. The molecule has 1 aliphatic rings. The van der Waals surface area contributed by atoms with Gasteiger partial charge in [0.05, 0.1) is 0 Å². The average molecular weight is 295 g/mol. The van der Waals surface area contributed by atoms with E-state index in [1.807, 2.05) is 55.5 Å². The van der Waals surface area contributed by atoms with Gasteiger partial charge in [-0.1, -0.05) is 30.3 Å². The van der Waals surface area contributed by atoms with E-state index < -0.39 is 5.97 Å². The zero-order valence-electron chi connectivity index (χ0n) is 11.4. The van der Waals surface area contributed by atoms with Crippen molar-refractivity contribution in [1.82, 2.24) is 0 Å². The van der Waals surface area contributed by atoms with Gasteiger partial charge in [0, 0.05) is 15.8 Å². The Morgan fingerprint density at radius 3 is 2.62 bits per heavy atom. The molecule has 4 heteroatoms. The van der Waals surface area contributed by atoms with E-state index in [9.17, 15) is 4.79 Å². The summed E-state index contributed by atoms with van der Waals surface area (Å²) in [6, 6.07) is 13.8. The molecule has 0 saturated carbocycles. The van der Waals surface area contributed by atoms with Crippen molar-refractivity contribution < 1.29 is 9.53 Å². The maximum Gasteiger partial charge on any atom is 0.363 e. The fourth-order valence-electron chi connectivity index (χ4n) is 1.89. The first-order valence-corrected chi connectivity index (χ1v) is 7.34. The summed E-state index contributed by atoms with van der Waals surface area (Å²) < 4.78 is 5.14. The van der Waals surface area contributed by atoms with Crippen LogP contribution >= 0.6 is 11.3 Å². The van der Waals surface area contributed by atoms with Gasteiger partial charge < -0.3 is 4.74 Å². The normalized spacial score (nSPS) is 16.5. The molecule has 0 bridgehead atoms. The number of carbonyl (C=O) groups excluding carboxylic acids is 1. The second kappa shape index (κ2) is 5.89. The highest BCUT2D eigenvalue weighted by molar-refractivity contribution is 7.12. The largest absolute Gasteiger partial charge is 0.403 e. The average Bonchev–Trinajstić information content (AvgIpc) is 3.05. The second-order valence-corrected chi connectivity index (χ2v) is 5.88. The van der Waals surface area contributed by atoms with Gasteiger partial charge >= 0.3 is 5.97 Å². The zero-order chi connectivity index (χ0) is 14.7. The topological polar surface area (TPSA) is 38.7 Å². The van der Waals surface area contributed by atoms with E-state index in [4.69, 9.17) is 4.74 Å². The Hall–Kier alpha value is -2.46. The van der Waals surface area contributed by atoms with Crippen molar-refractivity contribution in [3.05, 3.63) is 69.6 Å². The number of esters is 1. The number of hydrogen-bond donors (Lipinski definition) is 0. The first-order chi connectivity index (χ1) is 10.2. The number of aryl methyl sites for hydroxylation is 1. The molecule has 3 rings (SSSR count). The number of carbonyl (C=O) groups is 1. The summed E-state index contributed by atoms with van der Waals surface area (Å²) in [6.07, 6.45) is 5.32. The molecule has 0 aliphatic carbocycles. The van der Waals surface area contributed by atoms with Crippen LogP contribution in [-0.4, -0.2) is 11.9 Å². The van der Waals surface area contributed by atoms with Gasteiger partial charge in [0.15, 0.2) is 5.70 Å². The molecule has 1 aliphatic heterocycles. The van der Waals surface area contributed by atoms with E-state index in [2.05, 4.69) is 4.99 Å². The number of ether oxygens (including phenoxy) is 1. The molecular formula is C17H13NO2S. The van der Waals surface area contributed by atoms with Crippen molar-refractivity contribution in [2.45, 2.75) is 6.92 Å². The Kier molecular flexibility index (Phi) is 3.79. The minimum atomic E-state index is -0.409. The van der Waals surface area contributed by atoms with Gasteiger partial charge in [0.2, 0.25) is 5.90 Å². The van der Waals surface area contributed by atoms with Gasteiger partial charge in [-0.25, -0.2) is 9.79 Å². The van der Waals surface area contributed by atoms with Crippen molar-refractivity contribution in [2.75, 3.05) is 0 Å². The van der Waals surface area contributed by atoms with Gasteiger partial charge in [0.1, 0.15) is 0 Å². The number of thiophene rings is 1. The van der Waals surface area contributed by atoms with Crippen LogP contribution in [0.4, 0.5) is 0 Å². The maximum absolute atomic E-state index is 11.8. The molecule has 1 aromatic heterocycles. The van der Waals surface area contributed by atoms with Crippen LogP contribution in [0.25, 0.3) is 12.2 Å². The molecule has 3 nitrogen and oxygen atoms in total. The zero-order valence-corrected chi connectivity index (χ0v) is 12.3. The SMILES string of the molecule is Cc1ccc(/C=C2N=C(/C=C/c3ccccc3)OC/2=O)s1. The molecule has 0 saturated heterocycles. The molecule has 2 aromatic rings. The van der Waals surface area contributed by atoms with E-state index >= 15 is 0 Å². The smallest absolute Gasteiger partial charge is 0.363 e. The Bertz CT molecular complexity index is 754. The Morgan fingerprint density at radius 1 is 1.10 bits per heavy atom. The van der Waals surface area contributed by atoms with E-state index in [-0.39, 0.29) is 0 Å². The summed E-state index contributed by atoms with van der Waals surface area (Å²) in [5, 5.41) is 0. The number of benzene rings is 1. The van der Waals surface area contributed by atoms with E-state index in [0.29, 0.717) is 11.6 Å². The minimum absolute atomic E-state index is 0.323. The quantitative estimate of drug-likeness (QED) is 0.632. The summed E-state index contributed by atoms with van der Waals surface area (Å²) in [4.78, 5) is 18.2. The van der Waals surface area contributed by atoms with Gasteiger partial charge in [-0.15, -0.1) is 11.3 Å². The van der Waals surface area contributed by atoms with E-state index in [1.165, 1.54) is 4.88 Å². The molecule has 1 aromatic carbocycles. The first kappa shape index (κ1) is 13.5. The van der Waals surface area contributed by atoms with Crippen molar-refractivity contribution in [3.63, 3.8) is 0 Å². The standard InChI is InChI=1S/C17H13NO2S/c1-12-7-9-14(21-12)11-15-17(19)20-16(18-15)10-8-13-5-3-2-4-6-13/h2-11H,1H3/b10-8+,15-11+. The number of rotatable bonds is 3. The first-order valence-electron chi connectivity index (χ1n) is 6.53. The van der Waals surface area contributed by atoms with Crippen molar-refractivity contribution in [1.29, 1.82) is 0 Å². The highest BCUT2D eigenvalue weighted by atomic mass is 32.1. The molecule has 0 atom stereocenters. The lowest BCUT2D eigenvalue weighted by Gasteiger charge is -1.92. The molecule has 21 heavy (non-hydrogen) atoms. The highest BCUT2D eigenvalue weighted by Crippen LogP contribution is 2.21. The number of hydrogen-bond acceptors (Lipinski definition) is 4. The van der Waals surface area contributed by atoms with Crippen LogP contribution in [0.5, 0.6) is 0 Å². The summed E-state index contributed by atoms with van der Waals surface area (Å²) in [6.45, 7) is 2.02. The molecule has 0 N–H and O–H groups in total. The fourth-order valence-corrected chi connectivity index (χ4v) is 2.71. The molecule has 0 amide bonds. The van der Waals surface area contributed by atoms with Crippen LogP contribution in [0.2, 0.25) is 0 Å². The number of nitrogens with zero attached hydrogens (tertiary/aromatic N) is 1. The molecule has 0 radical (unpaired) electrons. The fraction of sp³-hybridized carbons (Fsp3) is 0.0588. The number of cyclic esters (lactones) is 1. The third-order valence-electron chi connectivity index (χ3n) is 2.90. The lowest BCUT2D eigenvalue weighted by molar-refractivity contribution is -0.129. The lowest BCUT2D eigenvalue weighted by Crippen LogP contribution is -2.00. The molecule has 2 heterocycles. The molecule has 0 spiro atoms. The number of aliphatic imine (C=N–C) groups is 1. The minimum Gasteiger partial charge on any atom is -0.403 e. The summed E-state index contributed by atoms with van der Waals surface area (Å²) >= 11 is 1.62. The molecule has 0 unspecified atom stereocenters.